The lowest BCUT2D eigenvalue weighted by Gasteiger charge is -2.05. The van der Waals surface area contributed by atoms with E-state index in [1.54, 1.807) is 30.5 Å². The number of hydrogen-bond acceptors (Lipinski definition) is 2. The summed E-state index contributed by atoms with van der Waals surface area (Å²) in [5.41, 5.74) is 3.63. The number of halogens is 1. The smallest absolute Gasteiger partial charge is 0.336 e. The van der Waals surface area contributed by atoms with Crippen LogP contribution in [0.4, 0.5) is 4.39 Å². The van der Waals surface area contributed by atoms with Crippen LogP contribution in [-0.4, -0.2) is 16.1 Å². The highest BCUT2D eigenvalue weighted by molar-refractivity contribution is 5.92. The predicted octanol–water partition coefficient (Wildman–Crippen LogP) is 5.14. The fraction of sp³-hybridized carbons (Fsp3) is 0. The maximum absolute atomic E-state index is 13.2. The summed E-state index contributed by atoms with van der Waals surface area (Å²) >= 11 is 0. The van der Waals surface area contributed by atoms with Gasteiger partial charge in [-0.05, 0) is 47.5 Å². The number of hydrogen-bond donors (Lipinski definition) is 1. The summed E-state index contributed by atoms with van der Waals surface area (Å²) < 4.78 is 13.2. The van der Waals surface area contributed by atoms with Crippen LogP contribution in [0.1, 0.15) is 21.5 Å². The van der Waals surface area contributed by atoms with Crippen molar-refractivity contribution in [1.82, 2.24) is 4.98 Å². The molecule has 0 saturated heterocycles. The van der Waals surface area contributed by atoms with Crippen molar-refractivity contribution in [2.75, 3.05) is 0 Å². The van der Waals surface area contributed by atoms with Gasteiger partial charge in [0.2, 0.25) is 0 Å². The molecule has 28 heavy (non-hydrogen) atoms. The van der Waals surface area contributed by atoms with Crippen LogP contribution in [0, 0.1) is 17.7 Å². The molecular weight excluding hydrogens is 353 g/mol. The highest BCUT2D eigenvalue weighted by Crippen LogP contribution is 2.23. The Morgan fingerprint density at radius 1 is 0.893 bits per heavy atom. The molecule has 0 saturated carbocycles. The Morgan fingerprint density at radius 3 is 2.43 bits per heavy atom. The van der Waals surface area contributed by atoms with E-state index < -0.39 is 5.97 Å². The van der Waals surface area contributed by atoms with Gasteiger partial charge in [0.1, 0.15) is 5.82 Å². The van der Waals surface area contributed by atoms with Gasteiger partial charge in [0.15, 0.2) is 0 Å². The van der Waals surface area contributed by atoms with Gasteiger partial charge < -0.3 is 5.11 Å². The standard InChI is InChI=1S/C24H14FNO2/c25-21-10-7-17(8-11-21)18-9-12-22(24(27)28)19(14-18)6-5-16-13-20-3-1-2-4-23(20)26-15-16/h1-4,7-15H,(H,27,28). The van der Waals surface area contributed by atoms with Crippen molar-refractivity contribution in [3.8, 4) is 23.0 Å². The molecule has 0 fully saturated rings. The molecule has 0 radical (unpaired) electrons. The Hall–Kier alpha value is -3.97. The molecule has 0 atom stereocenters. The molecule has 0 bridgehead atoms. The maximum Gasteiger partial charge on any atom is 0.336 e. The number of fused-ring (bicyclic) bond motifs is 1. The Morgan fingerprint density at radius 2 is 1.64 bits per heavy atom. The molecule has 134 valence electrons. The minimum atomic E-state index is -1.05. The molecule has 0 aliphatic carbocycles. The van der Waals surface area contributed by atoms with Crippen LogP contribution in [0.15, 0.2) is 79.0 Å². The van der Waals surface area contributed by atoms with E-state index in [2.05, 4.69) is 16.8 Å². The van der Waals surface area contributed by atoms with E-state index in [0.717, 1.165) is 22.0 Å². The number of rotatable bonds is 2. The zero-order valence-corrected chi connectivity index (χ0v) is 14.7. The summed E-state index contributed by atoms with van der Waals surface area (Å²) in [5, 5.41) is 10.4. The van der Waals surface area contributed by atoms with E-state index >= 15 is 0 Å². The van der Waals surface area contributed by atoms with E-state index in [-0.39, 0.29) is 11.4 Å². The number of aromatic nitrogens is 1. The molecule has 0 aliphatic heterocycles. The van der Waals surface area contributed by atoms with Crippen molar-refractivity contribution in [3.63, 3.8) is 0 Å². The fourth-order valence-electron chi connectivity index (χ4n) is 2.93. The topological polar surface area (TPSA) is 50.2 Å². The molecule has 4 aromatic rings. The van der Waals surface area contributed by atoms with E-state index in [0.29, 0.717) is 11.1 Å². The molecule has 3 nitrogen and oxygen atoms in total. The second-order valence-electron chi connectivity index (χ2n) is 6.24. The summed E-state index contributed by atoms with van der Waals surface area (Å²) in [6.07, 6.45) is 1.67. The maximum atomic E-state index is 13.2. The largest absolute Gasteiger partial charge is 0.478 e. The summed E-state index contributed by atoms with van der Waals surface area (Å²) in [6.45, 7) is 0. The Bertz CT molecular complexity index is 1250. The third kappa shape index (κ3) is 3.60. The third-order valence-corrected chi connectivity index (χ3v) is 4.36. The molecule has 0 unspecified atom stereocenters. The highest BCUT2D eigenvalue weighted by Gasteiger charge is 2.10. The van der Waals surface area contributed by atoms with Gasteiger partial charge in [0.05, 0.1) is 11.1 Å². The van der Waals surface area contributed by atoms with E-state index in [4.69, 9.17) is 0 Å². The molecule has 3 aromatic carbocycles. The van der Waals surface area contributed by atoms with Gasteiger partial charge in [-0.15, -0.1) is 0 Å². The first-order valence-corrected chi connectivity index (χ1v) is 8.60. The van der Waals surface area contributed by atoms with Crippen molar-refractivity contribution in [2.24, 2.45) is 0 Å². The van der Waals surface area contributed by atoms with Gasteiger partial charge >= 0.3 is 5.97 Å². The number of benzene rings is 3. The van der Waals surface area contributed by atoms with Crippen LogP contribution in [-0.2, 0) is 0 Å². The van der Waals surface area contributed by atoms with Gasteiger partial charge in [0.25, 0.3) is 0 Å². The first-order valence-electron chi connectivity index (χ1n) is 8.60. The lowest BCUT2D eigenvalue weighted by molar-refractivity contribution is 0.0696. The van der Waals surface area contributed by atoms with Crippen molar-refractivity contribution in [3.05, 3.63) is 102 Å². The lowest BCUT2D eigenvalue weighted by atomic mass is 9.99. The molecule has 0 amide bonds. The highest BCUT2D eigenvalue weighted by atomic mass is 19.1. The zero-order chi connectivity index (χ0) is 19.5. The van der Waals surface area contributed by atoms with Crippen molar-refractivity contribution >= 4 is 16.9 Å². The van der Waals surface area contributed by atoms with Gasteiger partial charge in [-0.2, -0.15) is 0 Å². The normalized spacial score (nSPS) is 10.3. The molecule has 1 aromatic heterocycles. The van der Waals surface area contributed by atoms with E-state index in [1.807, 2.05) is 30.3 Å². The van der Waals surface area contributed by atoms with Crippen LogP contribution >= 0.6 is 0 Å². The minimum absolute atomic E-state index is 0.118. The van der Waals surface area contributed by atoms with Gasteiger partial charge in [-0.25, -0.2) is 9.18 Å². The molecular formula is C24H14FNO2. The second-order valence-corrected chi connectivity index (χ2v) is 6.24. The van der Waals surface area contributed by atoms with Crippen molar-refractivity contribution in [2.45, 2.75) is 0 Å². The van der Waals surface area contributed by atoms with Crippen LogP contribution in [0.3, 0.4) is 0 Å². The average molecular weight is 367 g/mol. The Kier molecular flexibility index (Phi) is 4.57. The van der Waals surface area contributed by atoms with Gasteiger partial charge in [-0.3, -0.25) is 4.98 Å². The Labute approximate surface area is 161 Å². The van der Waals surface area contributed by atoms with E-state index in [1.165, 1.54) is 18.2 Å². The summed E-state index contributed by atoms with van der Waals surface area (Å²) in [6, 6.07) is 20.6. The van der Waals surface area contributed by atoms with Crippen molar-refractivity contribution in [1.29, 1.82) is 0 Å². The number of nitrogens with zero attached hydrogens (tertiary/aromatic N) is 1. The Balaban J connectivity index is 1.77. The third-order valence-electron chi connectivity index (χ3n) is 4.36. The summed E-state index contributed by atoms with van der Waals surface area (Å²) in [7, 11) is 0. The summed E-state index contributed by atoms with van der Waals surface area (Å²) in [5.74, 6) is 4.58. The number of carboxylic acids is 1. The first kappa shape index (κ1) is 17.4. The molecule has 1 N–H and O–H groups in total. The average Bonchev–Trinajstić information content (AvgIpc) is 2.72. The SMILES string of the molecule is O=C(O)c1ccc(-c2ccc(F)cc2)cc1C#Cc1cnc2ccccc2c1. The van der Waals surface area contributed by atoms with Gasteiger partial charge in [0, 0.05) is 22.7 Å². The molecule has 1 heterocycles. The van der Waals surface area contributed by atoms with Crippen molar-refractivity contribution < 1.29 is 14.3 Å². The summed E-state index contributed by atoms with van der Waals surface area (Å²) in [4.78, 5) is 15.9. The van der Waals surface area contributed by atoms with Crippen LogP contribution in [0.2, 0.25) is 0 Å². The first-order chi connectivity index (χ1) is 13.6. The number of aromatic carboxylic acids is 1. The molecule has 0 spiro atoms. The second kappa shape index (κ2) is 7.34. The van der Waals surface area contributed by atoms with Crippen LogP contribution < -0.4 is 0 Å². The molecule has 4 heteroatoms. The van der Waals surface area contributed by atoms with Gasteiger partial charge in [-0.1, -0.05) is 48.2 Å². The fourth-order valence-corrected chi connectivity index (χ4v) is 2.93. The number of para-hydroxylation sites is 1. The molecule has 0 aliphatic rings. The predicted molar refractivity (Wildman–Crippen MR) is 107 cm³/mol. The molecule has 4 rings (SSSR count). The number of carbonyl (C=O) groups is 1. The quantitative estimate of drug-likeness (QED) is 0.499. The van der Waals surface area contributed by atoms with E-state index in [9.17, 15) is 14.3 Å². The van der Waals surface area contributed by atoms with Crippen LogP contribution in [0.5, 0.6) is 0 Å². The number of pyridine rings is 1. The lowest BCUT2D eigenvalue weighted by Crippen LogP contribution is -2.00. The monoisotopic (exact) mass is 367 g/mol. The minimum Gasteiger partial charge on any atom is -0.478 e. The number of carboxylic acid groups (broad SMARTS) is 1. The zero-order valence-electron chi connectivity index (χ0n) is 14.7. The van der Waals surface area contributed by atoms with Crippen LogP contribution in [0.25, 0.3) is 22.0 Å².